The molecule has 0 radical (unpaired) electrons. The van der Waals surface area contributed by atoms with Crippen molar-refractivity contribution in [3.8, 4) is 5.75 Å². The Bertz CT molecular complexity index is 392. The van der Waals surface area contributed by atoms with Gasteiger partial charge >= 0.3 is 0 Å². The van der Waals surface area contributed by atoms with Crippen LogP contribution in [-0.2, 0) is 16.0 Å². The summed E-state index contributed by atoms with van der Waals surface area (Å²) in [5, 5.41) is 12.4. The Kier molecular flexibility index (Phi) is 5.65. The first kappa shape index (κ1) is 14.5. The van der Waals surface area contributed by atoms with Gasteiger partial charge in [0, 0.05) is 13.2 Å². The summed E-state index contributed by atoms with van der Waals surface area (Å²) >= 11 is 0. The lowest BCUT2D eigenvalue weighted by molar-refractivity contribution is -0.125. The molecule has 4 heteroatoms. The number of nitrogens with one attached hydrogen (secondary N) is 1. The van der Waals surface area contributed by atoms with Crippen molar-refractivity contribution in [2.75, 3.05) is 19.8 Å². The van der Waals surface area contributed by atoms with E-state index in [1.807, 2.05) is 32.9 Å². The molecule has 0 fully saturated rings. The number of amides is 1. The minimum Gasteiger partial charge on any atom is -0.507 e. The Morgan fingerprint density at radius 2 is 1.94 bits per heavy atom. The summed E-state index contributed by atoms with van der Waals surface area (Å²) in [6.07, 6.45) is 0.750. The molecule has 0 aliphatic heterocycles. The highest BCUT2D eigenvalue weighted by Gasteiger charge is 2.04. The van der Waals surface area contributed by atoms with E-state index >= 15 is 0 Å². The van der Waals surface area contributed by atoms with Crippen molar-refractivity contribution in [3.63, 3.8) is 0 Å². The fourth-order valence-corrected chi connectivity index (χ4v) is 1.78. The summed E-state index contributed by atoms with van der Waals surface area (Å²) in [6.45, 7) is 6.84. The van der Waals surface area contributed by atoms with Gasteiger partial charge in [-0.1, -0.05) is 12.1 Å². The van der Waals surface area contributed by atoms with Crippen LogP contribution in [0.5, 0.6) is 5.75 Å². The van der Waals surface area contributed by atoms with Gasteiger partial charge in [-0.05, 0) is 43.9 Å². The van der Waals surface area contributed by atoms with Crippen LogP contribution < -0.4 is 5.32 Å². The van der Waals surface area contributed by atoms with Gasteiger partial charge in [0.05, 0.1) is 0 Å². The first-order chi connectivity index (χ1) is 8.54. The van der Waals surface area contributed by atoms with Crippen molar-refractivity contribution in [1.29, 1.82) is 0 Å². The maximum Gasteiger partial charge on any atom is 0.246 e. The van der Waals surface area contributed by atoms with Gasteiger partial charge in [0.25, 0.3) is 0 Å². The van der Waals surface area contributed by atoms with Crippen LogP contribution in [-0.4, -0.2) is 30.8 Å². The quantitative estimate of drug-likeness (QED) is 0.809. The van der Waals surface area contributed by atoms with Crippen molar-refractivity contribution in [2.24, 2.45) is 0 Å². The van der Waals surface area contributed by atoms with Crippen LogP contribution in [0.3, 0.4) is 0 Å². The molecule has 0 saturated carbocycles. The lowest BCUT2D eigenvalue weighted by atomic mass is 10.0. The Morgan fingerprint density at radius 1 is 1.33 bits per heavy atom. The van der Waals surface area contributed by atoms with Crippen LogP contribution in [0.4, 0.5) is 0 Å². The van der Waals surface area contributed by atoms with E-state index in [1.54, 1.807) is 0 Å². The van der Waals surface area contributed by atoms with Gasteiger partial charge in [-0.25, -0.2) is 0 Å². The van der Waals surface area contributed by atoms with E-state index in [0.29, 0.717) is 18.9 Å². The number of benzene rings is 1. The van der Waals surface area contributed by atoms with Crippen LogP contribution in [0.15, 0.2) is 12.1 Å². The van der Waals surface area contributed by atoms with E-state index in [-0.39, 0.29) is 12.5 Å². The Hall–Kier alpha value is -1.55. The molecule has 0 unspecified atom stereocenters. The van der Waals surface area contributed by atoms with Crippen molar-refractivity contribution >= 4 is 5.91 Å². The zero-order valence-electron chi connectivity index (χ0n) is 11.2. The molecule has 1 aromatic carbocycles. The largest absolute Gasteiger partial charge is 0.507 e. The fraction of sp³-hybridized carbons (Fsp3) is 0.500. The third-order valence-corrected chi connectivity index (χ3v) is 2.72. The zero-order chi connectivity index (χ0) is 13.5. The van der Waals surface area contributed by atoms with Gasteiger partial charge in [0.15, 0.2) is 0 Å². The Balaban J connectivity index is 2.42. The molecule has 1 rings (SSSR count). The maximum atomic E-state index is 11.3. The third-order valence-electron chi connectivity index (χ3n) is 2.72. The minimum atomic E-state index is -0.0935. The summed E-state index contributed by atoms with van der Waals surface area (Å²) in [7, 11) is 0. The molecular weight excluding hydrogens is 230 g/mol. The summed E-state index contributed by atoms with van der Waals surface area (Å²) in [5.74, 6) is 0.253. The number of phenols is 1. The smallest absolute Gasteiger partial charge is 0.246 e. The van der Waals surface area contributed by atoms with Gasteiger partial charge in [0.2, 0.25) is 5.91 Å². The van der Waals surface area contributed by atoms with E-state index in [9.17, 15) is 9.90 Å². The average molecular weight is 251 g/mol. The molecule has 4 nitrogen and oxygen atoms in total. The van der Waals surface area contributed by atoms with E-state index in [2.05, 4.69) is 5.32 Å². The second-order valence-electron chi connectivity index (χ2n) is 4.32. The van der Waals surface area contributed by atoms with Gasteiger partial charge in [-0.3, -0.25) is 4.79 Å². The molecule has 0 bridgehead atoms. The molecule has 0 heterocycles. The zero-order valence-corrected chi connectivity index (χ0v) is 11.2. The van der Waals surface area contributed by atoms with Gasteiger partial charge in [-0.15, -0.1) is 0 Å². The average Bonchev–Trinajstić information content (AvgIpc) is 2.33. The molecule has 2 N–H and O–H groups in total. The first-order valence-corrected chi connectivity index (χ1v) is 6.18. The second kappa shape index (κ2) is 7.01. The molecule has 1 amide bonds. The summed E-state index contributed by atoms with van der Waals surface area (Å²) in [5.41, 5.74) is 2.84. The van der Waals surface area contributed by atoms with Crippen molar-refractivity contribution < 1.29 is 14.6 Å². The molecule has 0 atom stereocenters. The lowest BCUT2D eigenvalue weighted by Crippen LogP contribution is -2.29. The highest BCUT2D eigenvalue weighted by Crippen LogP contribution is 2.22. The van der Waals surface area contributed by atoms with E-state index in [0.717, 1.165) is 23.1 Å². The molecule has 0 saturated heterocycles. The standard InChI is InChI=1S/C14H21NO3/c1-4-18-9-13(16)15-6-5-12-7-10(2)14(17)11(3)8-12/h7-8,17H,4-6,9H2,1-3H3,(H,15,16). The van der Waals surface area contributed by atoms with Crippen LogP contribution in [0.25, 0.3) is 0 Å². The van der Waals surface area contributed by atoms with Gasteiger partial charge in [-0.2, -0.15) is 0 Å². The predicted octanol–water partition coefficient (Wildman–Crippen LogP) is 1.70. The first-order valence-electron chi connectivity index (χ1n) is 6.18. The number of phenolic OH excluding ortho intramolecular Hbond substituents is 1. The number of aromatic hydroxyl groups is 1. The molecule has 0 aliphatic rings. The number of hydrogen-bond acceptors (Lipinski definition) is 3. The van der Waals surface area contributed by atoms with Crippen molar-refractivity contribution in [2.45, 2.75) is 27.2 Å². The van der Waals surface area contributed by atoms with Crippen LogP contribution in [0, 0.1) is 13.8 Å². The number of aryl methyl sites for hydroxylation is 2. The topological polar surface area (TPSA) is 58.6 Å². The third kappa shape index (κ3) is 4.37. The van der Waals surface area contributed by atoms with Crippen molar-refractivity contribution in [3.05, 3.63) is 28.8 Å². The van der Waals surface area contributed by atoms with E-state index < -0.39 is 0 Å². The number of ether oxygens (including phenoxy) is 1. The SMILES string of the molecule is CCOCC(=O)NCCc1cc(C)c(O)c(C)c1. The number of carbonyl (C=O) groups is 1. The monoisotopic (exact) mass is 251 g/mol. The summed E-state index contributed by atoms with van der Waals surface area (Å²) in [4.78, 5) is 11.3. The highest BCUT2D eigenvalue weighted by molar-refractivity contribution is 5.77. The highest BCUT2D eigenvalue weighted by atomic mass is 16.5. The number of hydrogen-bond donors (Lipinski definition) is 2. The van der Waals surface area contributed by atoms with Gasteiger partial charge < -0.3 is 15.2 Å². The number of carbonyl (C=O) groups excluding carboxylic acids is 1. The molecule has 0 spiro atoms. The lowest BCUT2D eigenvalue weighted by Gasteiger charge is -2.09. The van der Waals surface area contributed by atoms with E-state index in [1.165, 1.54) is 0 Å². The summed E-state index contributed by atoms with van der Waals surface area (Å²) in [6, 6.07) is 3.88. The fourth-order valence-electron chi connectivity index (χ4n) is 1.78. The molecule has 100 valence electrons. The van der Waals surface area contributed by atoms with Gasteiger partial charge in [0.1, 0.15) is 12.4 Å². The number of rotatable bonds is 6. The normalized spacial score (nSPS) is 10.4. The Labute approximate surface area is 108 Å². The molecule has 1 aromatic rings. The van der Waals surface area contributed by atoms with Crippen LogP contribution >= 0.6 is 0 Å². The molecule has 18 heavy (non-hydrogen) atoms. The Morgan fingerprint density at radius 3 is 2.50 bits per heavy atom. The predicted molar refractivity (Wildman–Crippen MR) is 70.8 cm³/mol. The molecule has 0 aromatic heterocycles. The van der Waals surface area contributed by atoms with Crippen LogP contribution in [0.2, 0.25) is 0 Å². The minimum absolute atomic E-state index is 0.0935. The second-order valence-corrected chi connectivity index (χ2v) is 4.32. The summed E-state index contributed by atoms with van der Waals surface area (Å²) < 4.78 is 5.01. The maximum absolute atomic E-state index is 11.3. The van der Waals surface area contributed by atoms with Crippen LogP contribution in [0.1, 0.15) is 23.6 Å². The van der Waals surface area contributed by atoms with Crippen molar-refractivity contribution in [1.82, 2.24) is 5.32 Å². The van der Waals surface area contributed by atoms with E-state index in [4.69, 9.17) is 4.74 Å². The molecule has 0 aliphatic carbocycles. The molecular formula is C14H21NO3.